The molecule has 1 N–H and O–H groups in total. The van der Waals surface area contributed by atoms with E-state index in [9.17, 15) is 13.2 Å². The molecule has 0 amide bonds. The predicted octanol–water partition coefficient (Wildman–Crippen LogP) is 3.12. The van der Waals surface area contributed by atoms with Gasteiger partial charge in [-0.2, -0.15) is 18.4 Å². The molecule has 0 aliphatic heterocycles. The Bertz CT molecular complexity index is 627. The fourth-order valence-corrected chi connectivity index (χ4v) is 1.89. The molecule has 92 valence electrons. The Labute approximate surface area is 108 Å². The molecule has 0 unspecified atom stereocenters. The van der Waals surface area contributed by atoms with Crippen molar-refractivity contribution in [2.75, 3.05) is 0 Å². The Morgan fingerprint density at radius 3 is 2.61 bits per heavy atom. The fourth-order valence-electron chi connectivity index (χ4n) is 1.40. The van der Waals surface area contributed by atoms with Crippen molar-refractivity contribution < 1.29 is 13.2 Å². The highest BCUT2D eigenvalue weighted by molar-refractivity contribution is 9.10. The zero-order valence-electron chi connectivity index (χ0n) is 8.59. The first-order chi connectivity index (χ1) is 8.41. The highest BCUT2D eigenvalue weighted by Gasteiger charge is 2.31. The number of H-pyrrole nitrogens is 1. The highest BCUT2D eigenvalue weighted by atomic mass is 79.9. The van der Waals surface area contributed by atoms with Crippen molar-refractivity contribution in [1.82, 2.24) is 15.4 Å². The number of nitrogens with one attached hydrogen (secondary N) is 1. The maximum absolute atomic E-state index is 12.6. The van der Waals surface area contributed by atoms with Crippen molar-refractivity contribution in [2.24, 2.45) is 0 Å². The predicted molar refractivity (Wildman–Crippen MR) is 59.2 cm³/mol. The van der Waals surface area contributed by atoms with Crippen LogP contribution in [0.1, 0.15) is 11.3 Å². The van der Waals surface area contributed by atoms with Crippen LogP contribution in [0.4, 0.5) is 13.2 Å². The van der Waals surface area contributed by atoms with E-state index in [2.05, 4.69) is 31.3 Å². The molecule has 2 aromatic rings. The molecule has 0 bridgehead atoms. The van der Waals surface area contributed by atoms with Crippen LogP contribution in [0, 0.1) is 11.3 Å². The van der Waals surface area contributed by atoms with E-state index >= 15 is 0 Å². The molecule has 18 heavy (non-hydrogen) atoms. The Kier molecular flexibility index (Phi) is 3.09. The monoisotopic (exact) mass is 316 g/mol. The number of aromatic amines is 1. The highest BCUT2D eigenvalue weighted by Crippen LogP contribution is 2.34. The molecule has 2 rings (SSSR count). The summed E-state index contributed by atoms with van der Waals surface area (Å²) in [5.74, 6) is 0. The summed E-state index contributed by atoms with van der Waals surface area (Å²) in [5.41, 5.74) is -0.550. The van der Waals surface area contributed by atoms with E-state index in [0.29, 0.717) is 0 Å². The van der Waals surface area contributed by atoms with Gasteiger partial charge < -0.3 is 0 Å². The van der Waals surface area contributed by atoms with E-state index in [1.165, 1.54) is 6.07 Å². The SMILES string of the molecule is N#Cc1[nH]nnc1-c1cc(Br)cc(C(F)(F)F)c1. The van der Waals surface area contributed by atoms with Gasteiger partial charge in [0.25, 0.3) is 0 Å². The Balaban J connectivity index is 2.60. The van der Waals surface area contributed by atoms with Gasteiger partial charge >= 0.3 is 6.18 Å². The number of nitrogens with zero attached hydrogens (tertiary/aromatic N) is 3. The lowest BCUT2D eigenvalue weighted by Crippen LogP contribution is -2.05. The molecule has 1 aromatic carbocycles. The summed E-state index contributed by atoms with van der Waals surface area (Å²) in [5, 5.41) is 18.1. The van der Waals surface area contributed by atoms with Crippen LogP contribution in [-0.2, 0) is 6.18 Å². The van der Waals surface area contributed by atoms with Crippen molar-refractivity contribution in [3.05, 3.63) is 33.9 Å². The number of aromatic nitrogens is 3. The molecule has 0 saturated heterocycles. The summed E-state index contributed by atoms with van der Waals surface area (Å²) >= 11 is 3.00. The van der Waals surface area contributed by atoms with Gasteiger partial charge in [-0.25, -0.2) is 5.10 Å². The normalized spacial score (nSPS) is 11.3. The molecular formula is C10H4BrF3N4. The molecule has 4 nitrogen and oxygen atoms in total. The van der Waals surface area contributed by atoms with Crippen LogP contribution in [0.3, 0.4) is 0 Å². The van der Waals surface area contributed by atoms with Crippen molar-refractivity contribution in [3.8, 4) is 17.3 Å². The second-order valence-electron chi connectivity index (χ2n) is 3.37. The van der Waals surface area contributed by atoms with Crippen LogP contribution in [-0.4, -0.2) is 15.4 Å². The van der Waals surface area contributed by atoms with E-state index in [0.717, 1.165) is 12.1 Å². The molecule has 1 heterocycles. The fraction of sp³-hybridized carbons (Fsp3) is 0.100. The van der Waals surface area contributed by atoms with Crippen molar-refractivity contribution >= 4 is 15.9 Å². The van der Waals surface area contributed by atoms with E-state index in [1.54, 1.807) is 6.07 Å². The van der Waals surface area contributed by atoms with Crippen molar-refractivity contribution in [1.29, 1.82) is 5.26 Å². The molecule has 0 aliphatic rings. The lowest BCUT2D eigenvalue weighted by molar-refractivity contribution is -0.137. The van der Waals surface area contributed by atoms with Crippen molar-refractivity contribution in [3.63, 3.8) is 0 Å². The van der Waals surface area contributed by atoms with Gasteiger partial charge in [-0.1, -0.05) is 21.1 Å². The number of rotatable bonds is 1. The lowest BCUT2D eigenvalue weighted by Gasteiger charge is -2.08. The molecule has 0 saturated carbocycles. The summed E-state index contributed by atoms with van der Waals surface area (Å²) in [7, 11) is 0. The van der Waals surface area contributed by atoms with Gasteiger partial charge in [0, 0.05) is 10.0 Å². The van der Waals surface area contributed by atoms with Crippen LogP contribution in [0.2, 0.25) is 0 Å². The molecule has 0 atom stereocenters. The number of benzene rings is 1. The van der Waals surface area contributed by atoms with Gasteiger partial charge in [0.15, 0.2) is 5.69 Å². The third kappa shape index (κ3) is 2.36. The first kappa shape index (κ1) is 12.6. The maximum atomic E-state index is 12.6. The number of nitriles is 1. The van der Waals surface area contributed by atoms with E-state index in [4.69, 9.17) is 5.26 Å². The summed E-state index contributed by atoms with van der Waals surface area (Å²) in [4.78, 5) is 0. The van der Waals surface area contributed by atoms with Crippen LogP contribution >= 0.6 is 15.9 Å². The second kappa shape index (κ2) is 4.42. The zero-order chi connectivity index (χ0) is 13.3. The van der Waals surface area contributed by atoms with Crippen LogP contribution < -0.4 is 0 Å². The van der Waals surface area contributed by atoms with Gasteiger partial charge in [0.05, 0.1) is 5.56 Å². The summed E-state index contributed by atoms with van der Waals surface area (Å²) in [6, 6.07) is 5.09. The minimum atomic E-state index is -4.46. The van der Waals surface area contributed by atoms with Crippen LogP contribution in [0.25, 0.3) is 11.3 Å². The van der Waals surface area contributed by atoms with E-state index < -0.39 is 11.7 Å². The Morgan fingerprint density at radius 1 is 1.28 bits per heavy atom. The summed E-state index contributed by atoms with van der Waals surface area (Å²) in [6.07, 6.45) is -4.46. The smallest absolute Gasteiger partial charge is 0.247 e. The molecule has 0 radical (unpaired) electrons. The summed E-state index contributed by atoms with van der Waals surface area (Å²) in [6.45, 7) is 0. The first-order valence-corrected chi connectivity index (χ1v) is 5.40. The van der Waals surface area contributed by atoms with Crippen LogP contribution in [0.5, 0.6) is 0 Å². The van der Waals surface area contributed by atoms with E-state index in [-0.39, 0.29) is 21.4 Å². The quantitative estimate of drug-likeness (QED) is 0.879. The first-order valence-electron chi connectivity index (χ1n) is 4.61. The topological polar surface area (TPSA) is 65.4 Å². The molecule has 1 aromatic heterocycles. The average molecular weight is 317 g/mol. The van der Waals surface area contributed by atoms with Crippen LogP contribution in [0.15, 0.2) is 22.7 Å². The average Bonchev–Trinajstić information content (AvgIpc) is 2.74. The summed E-state index contributed by atoms with van der Waals surface area (Å²) < 4.78 is 38.2. The van der Waals surface area contributed by atoms with Gasteiger partial charge in [-0.15, -0.1) is 5.10 Å². The third-order valence-corrected chi connectivity index (χ3v) is 2.62. The minimum Gasteiger partial charge on any atom is -0.247 e. The molecular weight excluding hydrogens is 313 g/mol. The standard InChI is InChI=1S/C10H4BrF3N4/c11-7-2-5(1-6(3-7)10(12,13)14)9-8(4-15)16-18-17-9/h1-3H,(H,16,17,18). The minimum absolute atomic E-state index is 0.0150. The molecule has 0 spiro atoms. The van der Waals surface area contributed by atoms with Crippen molar-refractivity contribution in [2.45, 2.75) is 6.18 Å². The third-order valence-electron chi connectivity index (χ3n) is 2.16. The molecule has 8 heteroatoms. The van der Waals surface area contributed by atoms with Gasteiger partial charge in [0.1, 0.15) is 11.8 Å². The van der Waals surface area contributed by atoms with Gasteiger partial charge in [-0.05, 0) is 18.2 Å². The maximum Gasteiger partial charge on any atom is 0.416 e. The number of halogens is 4. The Hall–Kier alpha value is -1.88. The van der Waals surface area contributed by atoms with Gasteiger partial charge in [-0.3, -0.25) is 0 Å². The number of hydrogen-bond donors (Lipinski definition) is 1. The second-order valence-corrected chi connectivity index (χ2v) is 4.29. The lowest BCUT2D eigenvalue weighted by atomic mass is 10.1. The zero-order valence-corrected chi connectivity index (χ0v) is 10.2. The van der Waals surface area contributed by atoms with E-state index in [1.807, 2.05) is 0 Å². The molecule has 0 fully saturated rings. The molecule has 0 aliphatic carbocycles. The number of alkyl halides is 3. The largest absolute Gasteiger partial charge is 0.416 e. The number of hydrogen-bond acceptors (Lipinski definition) is 3. The Morgan fingerprint density at radius 2 is 2.00 bits per heavy atom. The van der Waals surface area contributed by atoms with Gasteiger partial charge in [0.2, 0.25) is 0 Å².